The van der Waals surface area contributed by atoms with Crippen molar-refractivity contribution in [2.75, 3.05) is 47.6 Å². The molecule has 184 valence electrons. The molecule has 1 saturated heterocycles. The molecule has 35 heavy (non-hydrogen) atoms. The van der Waals surface area contributed by atoms with Crippen LogP contribution in [0.3, 0.4) is 0 Å². The first-order valence-corrected chi connectivity index (χ1v) is 11.8. The number of hydrogen-bond acceptors (Lipinski definition) is 8. The molecule has 0 atom stereocenters. The number of carbonyl (C=O) groups is 1. The second-order valence-electron chi connectivity index (χ2n) is 7.36. The number of ether oxygens (including phenoxy) is 1. The molecule has 0 unspecified atom stereocenters. The molecule has 4 rings (SSSR count). The van der Waals surface area contributed by atoms with Gasteiger partial charge in [0.25, 0.3) is 0 Å². The second kappa shape index (κ2) is 11.1. The number of rotatable bonds is 7. The van der Waals surface area contributed by atoms with E-state index < -0.39 is 17.6 Å². The highest BCUT2D eigenvalue weighted by atomic mass is 35.5. The molecule has 0 bridgehead atoms. The maximum atomic E-state index is 13.0. The lowest BCUT2D eigenvalue weighted by Crippen LogP contribution is -2.37. The van der Waals surface area contributed by atoms with Crippen molar-refractivity contribution in [3.8, 4) is 0 Å². The van der Waals surface area contributed by atoms with Crippen LogP contribution < -0.4 is 15.5 Å². The van der Waals surface area contributed by atoms with E-state index in [-0.39, 0.29) is 21.6 Å². The number of carbonyl (C=O) groups excluding carboxylic acids is 1. The van der Waals surface area contributed by atoms with Gasteiger partial charge in [0.1, 0.15) is 0 Å². The van der Waals surface area contributed by atoms with E-state index in [9.17, 15) is 18.0 Å². The summed E-state index contributed by atoms with van der Waals surface area (Å²) in [5.41, 5.74) is -0.253. The van der Waals surface area contributed by atoms with Gasteiger partial charge >= 0.3 is 6.18 Å². The van der Waals surface area contributed by atoms with Crippen molar-refractivity contribution >= 4 is 52.5 Å². The molecular weight excluding hydrogens is 505 g/mol. The van der Waals surface area contributed by atoms with Crippen molar-refractivity contribution < 1.29 is 22.7 Å². The summed E-state index contributed by atoms with van der Waals surface area (Å²) < 4.78 is 44.4. The van der Waals surface area contributed by atoms with Crippen LogP contribution in [0, 0.1) is 0 Å². The van der Waals surface area contributed by atoms with Crippen molar-refractivity contribution in [2.45, 2.75) is 11.3 Å². The zero-order chi connectivity index (χ0) is 24.8. The van der Waals surface area contributed by atoms with Crippen molar-refractivity contribution in [3.05, 3.63) is 59.1 Å². The Hall–Kier alpha value is -3.09. The topological polar surface area (TPSA) is 92.3 Å². The summed E-state index contributed by atoms with van der Waals surface area (Å²) >= 11 is 7.00. The Morgan fingerprint density at radius 2 is 1.83 bits per heavy atom. The fourth-order valence-corrected chi connectivity index (χ4v) is 3.93. The van der Waals surface area contributed by atoms with Gasteiger partial charge in [0, 0.05) is 18.8 Å². The summed E-state index contributed by atoms with van der Waals surface area (Å²) in [5, 5.41) is 5.82. The number of halogens is 4. The number of thioether (sulfide) groups is 1. The number of para-hydroxylation sites is 1. The smallest absolute Gasteiger partial charge is 0.378 e. The fourth-order valence-electron chi connectivity index (χ4n) is 3.14. The quantitative estimate of drug-likeness (QED) is 0.424. The summed E-state index contributed by atoms with van der Waals surface area (Å²) in [7, 11) is 0. The van der Waals surface area contributed by atoms with Gasteiger partial charge in [0.05, 0.1) is 35.2 Å². The molecule has 0 spiro atoms. The number of alkyl halides is 3. The van der Waals surface area contributed by atoms with Crippen molar-refractivity contribution in [1.29, 1.82) is 0 Å². The predicted octanol–water partition coefficient (Wildman–Crippen LogP) is 4.85. The van der Waals surface area contributed by atoms with E-state index in [2.05, 4.69) is 25.6 Å². The number of nitrogens with one attached hydrogen (secondary N) is 2. The van der Waals surface area contributed by atoms with Crippen molar-refractivity contribution in [2.24, 2.45) is 0 Å². The predicted molar refractivity (Wildman–Crippen MR) is 128 cm³/mol. The van der Waals surface area contributed by atoms with Crippen LogP contribution in [0.5, 0.6) is 0 Å². The maximum Gasteiger partial charge on any atom is 0.416 e. The highest BCUT2D eigenvalue weighted by molar-refractivity contribution is 7.99. The molecule has 1 aliphatic rings. The molecule has 0 aliphatic carbocycles. The first-order valence-electron chi connectivity index (χ1n) is 10.5. The van der Waals surface area contributed by atoms with Gasteiger partial charge in [-0.05, 0) is 30.3 Å². The molecule has 0 saturated carbocycles. The minimum atomic E-state index is -4.55. The third-order valence-electron chi connectivity index (χ3n) is 4.83. The summed E-state index contributed by atoms with van der Waals surface area (Å²) in [5.74, 6) is 0.0356. The number of anilines is 4. The maximum absolute atomic E-state index is 13.0. The van der Waals surface area contributed by atoms with E-state index in [1.807, 2.05) is 35.2 Å². The molecule has 13 heteroatoms. The molecule has 1 aliphatic heterocycles. The van der Waals surface area contributed by atoms with E-state index in [4.69, 9.17) is 16.3 Å². The lowest BCUT2D eigenvalue weighted by molar-refractivity contribution is -0.137. The Labute approximate surface area is 208 Å². The number of amides is 1. The molecule has 0 radical (unpaired) electrons. The molecule has 3 aromatic rings. The highest BCUT2D eigenvalue weighted by Crippen LogP contribution is 2.34. The Morgan fingerprint density at radius 1 is 1.09 bits per heavy atom. The summed E-state index contributed by atoms with van der Waals surface area (Å²) in [6, 6.07) is 12.1. The van der Waals surface area contributed by atoms with Gasteiger partial charge in [0.15, 0.2) is 5.16 Å². The molecule has 1 aromatic heterocycles. The van der Waals surface area contributed by atoms with Crippen molar-refractivity contribution in [3.63, 3.8) is 0 Å². The lowest BCUT2D eigenvalue weighted by atomic mass is 10.2. The lowest BCUT2D eigenvalue weighted by Gasteiger charge is -2.27. The van der Waals surface area contributed by atoms with Crippen LogP contribution in [0.1, 0.15) is 5.56 Å². The molecule has 2 N–H and O–H groups in total. The zero-order valence-electron chi connectivity index (χ0n) is 18.2. The van der Waals surface area contributed by atoms with Crippen LogP contribution in [-0.4, -0.2) is 52.9 Å². The third-order valence-corrected chi connectivity index (χ3v) is 6.00. The van der Waals surface area contributed by atoms with Crippen LogP contribution in [-0.2, 0) is 15.7 Å². The van der Waals surface area contributed by atoms with Crippen LogP contribution in [0.15, 0.2) is 53.7 Å². The monoisotopic (exact) mass is 524 g/mol. The molecule has 2 heterocycles. The van der Waals surface area contributed by atoms with E-state index in [0.29, 0.717) is 38.2 Å². The van der Waals surface area contributed by atoms with Crippen molar-refractivity contribution in [1.82, 2.24) is 15.0 Å². The summed E-state index contributed by atoms with van der Waals surface area (Å²) in [6.07, 6.45) is -4.55. The Bertz CT molecular complexity index is 1180. The third kappa shape index (κ3) is 6.96. The number of aromatic nitrogens is 3. The minimum Gasteiger partial charge on any atom is -0.378 e. The van der Waals surface area contributed by atoms with E-state index in [0.717, 1.165) is 35.6 Å². The van der Waals surface area contributed by atoms with Crippen LogP contribution in [0.2, 0.25) is 5.02 Å². The molecular formula is C22H20ClF3N6O2S. The first-order chi connectivity index (χ1) is 16.8. The van der Waals surface area contributed by atoms with Gasteiger partial charge in [-0.2, -0.15) is 28.1 Å². The highest BCUT2D eigenvalue weighted by Gasteiger charge is 2.31. The molecule has 2 aromatic carbocycles. The average molecular weight is 525 g/mol. The average Bonchev–Trinajstić information content (AvgIpc) is 2.84. The molecule has 1 amide bonds. The number of hydrogen-bond donors (Lipinski definition) is 2. The summed E-state index contributed by atoms with van der Waals surface area (Å²) in [4.78, 5) is 27.8. The molecule has 8 nitrogen and oxygen atoms in total. The standard InChI is InChI=1S/C22H20ClF3N6O2S/c23-16-7-6-14(22(24,25)26)12-17(16)28-18(33)13-35-21-30-19(27-15-4-2-1-3-5-15)29-20(31-21)32-8-10-34-11-9-32/h1-7,12H,8-11,13H2,(H,28,33)(H,27,29,30,31). The van der Waals surface area contributed by atoms with Gasteiger partial charge < -0.3 is 20.3 Å². The van der Waals surface area contributed by atoms with Gasteiger partial charge in [0.2, 0.25) is 17.8 Å². The molecule has 1 fully saturated rings. The minimum absolute atomic E-state index is 0.000428. The first kappa shape index (κ1) is 25.0. The number of benzene rings is 2. The van der Waals surface area contributed by atoms with Crippen LogP contribution >= 0.6 is 23.4 Å². The van der Waals surface area contributed by atoms with E-state index in [1.54, 1.807) is 0 Å². The second-order valence-corrected chi connectivity index (χ2v) is 8.71. The number of morpholine rings is 1. The van der Waals surface area contributed by atoms with Gasteiger partial charge in [-0.25, -0.2) is 0 Å². The van der Waals surface area contributed by atoms with Crippen LogP contribution in [0.25, 0.3) is 0 Å². The number of nitrogens with zero attached hydrogens (tertiary/aromatic N) is 4. The Kier molecular flexibility index (Phi) is 7.93. The van der Waals surface area contributed by atoms with Gasteiger partial charge in [-0.3, -0.25) is 4.79 Å². The fraction of sp³-hybridized carbons (Fsp3) is 0.273. The van der Waals surface area contributed by atoms with E-state index >= 15 is 0 Å². The summed E-state index contributed by atoms with van der Waals surface area (Å²) in [6.45, 7) is 2.28. The van der Waals surface area contributed by atoms with E-state index in [1.165, 1.54) is 0 Å². The van der Waals surface area contributed by atoms with Gasteiger partial charge in [-0.15, -0.1) is 0 Å². The van der Waals surface area contributed by atoms with Gasteiger partial charge in [-0.1, -0.05) is 41.6 Å². The Balaban J connectivity index is 1.48. The van der Waals surface area contributed by atoms with Crippen LogP contribution in [0.4, 0.5) is 36.4 Å². The normalized spacial score (nSPS) is 14.0. The zero-order valence-corrected chi connectivity index (χ0v) is 19.8. The largest absolute Gasteiger partial charge is 0.416 e. The Morgan fingerprint density at radius 3 is 2.54 bits per heavy atom. The SMILES string of the molecule is O=C(CSc1nc(Nc2ccccc2)nc(N2CCOCC2)n1)Nc1cc(C(F)(F)F)ccc1Cl.